The standard InChI is InChI=1S/C9H14N4O/c1-2-3-4-12-9(14)7-5-11-6-8(10)13-7/h5-6H,2-4H2,1H3,(H2,10,13)(H,12,14). The van der Waals surface area contributed by atoms with E-state index in [0.29, 0.717) is 6.54 Å². The van der Waals surface area contributed by atoms with E-state index in [4.69, 9.17) is 5.73 Å². The highest BCUT2D eigenvalue weighted by Crippen LogP contribution is 1.96. The van der Waals surface area contributed by atoms with Crippen molar-refractivity contribution >= 4 is 11.7 Å². The van der Waals surface area contributed by atoms with Crippen LogP contribution in [0.25, 0.3) is 0 Å². The molecule has 0 fully saturated rings. The number of carbonyl (C=O) groups is 1. The number of amides is 1. The summed E-state index contributed by atoms with van der Waals surface area (Å²) in [6.07, 6.45) is 4.81. The minimum absolute atomic E-state index is 0.224. The van der Waals surface area contributed by atoms with Gasteiger partial charge in [0.05, 0.1) is 12.4 Å². The number of hydrogen-bond donors (Lipinski definition) is 2. The molecule has 1 rings (SSSR count). The molecule has 0 aliphatic heterocycles. The Bertz CT molecular complexity index is 313. The average Bonchev–Trinajstić information content (AvgIpc) is 2.18. The second kappa shape index (κ2) is 5.16. The largest absolute Gasteiger partial charge is 0.382 e. The van der Waals surface area contributed by atoms with Crippen molar-refractivity contribution in [3.05, 3.63) is 18.1 Å². The number of rotatable bonds is 4. The lowest BCUT2D eigenvalue weighted by Crippen LogP contribution is -2.25. The van der Waals surface area contributed by atoms with Crippen molar-refractivity contribution in [2.75, 3.05) is 12.3 Å². The molecule has 0 radical (unpaired) electrons. The summed E-state index contributed by atoms with van der Waals surface area (Å²) in [5, 5.41) is 2.73. The highest BCUT2D eigenvalue weighted by Gasteiger charge is 2.06. The molecule has 0 saturated carbocycles. The molecule has 14 heavy (non-hydrogen) atoms. The van der Waals surface area contributed by atoms with Crippen molar-refractivity contribution in [3.8, 4) is 0 Å². The Morgan fingerprint density at radius 3 is 3.00 bits per heavy atom. The van der Waals surface area contributed by atoms with Crippen molar-refractivity contribution in [1.29, 1.82) is 0 Å². The van der Waals surface area contributed by atoms with E-state index in [1.54, 1.807) is 0 Å². The molecule has 76 valence electrons. The first-order chi connectivity index (χ1) is 6.74. The fourth-order valence-corrected chi connectivity index (χ4v) is 0.960. The summed E-state index contributed by atoms with van der Waals surface area (Å²) in [5.74, 6) is 0.0337. The van der Waals surface area contributed by atoms with Crippen molar-refractivity contribution in [1.82, 2.24) is 15.3 Å². The van der Waals surface area contributed by atoms with Crippen LogP contribution in [-0.2, 0) is 0 Å². The minimum Gasteiger partial charge on any atom is -0.382 e. The van der Waals surface area contributed by atoms with Crippen LogP contribution in [0.3, 0.4) is 0 Å². The van der Waals surface area contributed by atoms with Gasteiger partial charge in [-0.15, -0.1) is 0 Å². The fraction of sp³-hybridized carbons (Fsp3) is 0.444. The molecule has 1 amide bonds. The zero-order valence-electron chi connectivity index (χ0n) is 8.16. The van der Waals surface area contributed by atoms with Gasteiger partial charge in [0.15, 0.2) is 0 Å². The van der Waals surface area contributed by atoms with Gasteiger partial charge in [0.1, 0.15) is 11.5 Å². The van der Waals surface area contributed by atoms with E-state index >= 15 is 0 Å². The zero-order valence-corrected chi connectivity index (χ0v) is 8.16. The summed E-state index contributed by atoms with van der Waals surface area (Å²) < 4.78 is 0. The van der Waals surface area contributed by atoms with E-state index in [2.05, 4.69) is 22.2 Å². The van der Waals surface area contributed by atoms with Gasteiger partial charge in [0.2, 0.25) is 0 Å². The molecule has 0 spiro atoms. The predicted octanol–water partition coefficient (Wildman–Crippen LogP) is 0.589. The summed E-state index contributed by atoms with van der Waals surface area (Å²) in [6, 6.07) is 0. The van der Waals surface area contributed by atoms with E-state index in [1.165, 1.54) is 12.4 Å². The summed E-state index contributed by atoms with van der Waals surface area (Å²) in [7, 11) is 0. The molecule has 1 aromatic rings. The zero-order chi connectivity index (χ0) is 10.4. The van der Waals surface area contributed by atoms with Crippen LogP contribution in [0.15, 0.2) is 12.4 Å². The number of nitrogens with zero attached hydrogens (tertiary/aromatic N) is 2. The molecule has 0 saturated heterocycles. The third-order valence-corrected chi connectivity index (χ3v) is 1.70. The first kappa shape index (κ1) is 10.4. The van der Waals surface area contributed by atoms with Gasteiger partial charge < -0.3 is 11.1 Å². The second-order valence-electron chi connectivity index (χ2n) is 2.94. The lowest BCUT2D eigenvalue weighted by atomic mass is 10.3. The van der Waals surface area contributed by atoms with E-state index in [-0.39, 0.29) is 17.4 Å². The van der Waals surface area contributed by atoms with Gasteiger partial charge in [-0.1, -0.05) is 13.3 Å². The Morgan fingerprint density at radius 1 is 1.57 bits per heavy atom. The molecule has 1 aromatic heterocycles. The van der Waals surface area contributed by atoms with Crippen LogP contribution in [-0.4, -0.2) is 22.4 Å². The maximum absolute atomic E-state index is 11.4. The van der Waals surface area contributed by atoms with Gasteiger partial charge in [0, 0.05) is 6.54 Å². The lowest BCUT2D eigenvalue weighted by molar-refractivity contribution is 0.0948. The first-order valence-electron chi connectivity index (χ1n) is 4.59. The third kappa shape index (κ3) is 3.01. The number of nitrogen functional groups attached to an aromatic ring is 1. The summed E-state index contributed by atoms with van der Waals surface area (Å²) in [5.41, 5.74) is 5.66. The Hall–Kier alpha value is -1.65. The number of aromatic nitrogens is 2. The first-order valence-corrected chi connectivity index (χ1v) is 4.59. The SMILES string of the molecule is CCCCNC(=O)c1cncc(N)n1. The molecule has 5 heteroatoms. The average molecular weight is 194 g/mol. The highest BCUT2D eigenvalue weighted by molar-refractivity contribution is 5.92. The monoisotopic (exact) mass is 194 g/mol. The summed E-state index contributed by atoms with van der Waals surface area (Å²) in [6.45, 7) is 2.72. The van der Waals surface area contributed by atoms with Crippen LogP contribution in [0.2, 0.25) is 0 Å². The number of unbranched alkanes of at least 4 members (excludes halogenated alkanes) is 1. The van der Waals surface area contributed by atoms with Gasteiger partial charge in [-0.2, -0.15) is 0 Å². The molecule has 3 N–H and O–H groups in total. The Morgan fingerprint density at radius 2 is 2.36 bits per heavy atom. The number of carbonyl (C=O) groups excluding carboxylic acids is 1. The molecular weight excluding hydrogens is 180 g/mol. The molecule has 0 bridgehead atoms. The van der Waals surface area contributed by atoms with Gasteiger partial charge in [-0.25, -0.2) is 4.98 Å². The molecule has 0 aliphatic carbocycles. The van der Waals surface area contributed by atoms with Crippen LogP contribution in [0.1, 0.15) is 30.3 Å². The summed E-state index contributed by atoms with van der Waals surface area (Å²) >= 11 is 0. The maximum atomic E-state index is 11.4. The van der Waals surface area contributed by atoms with Crippen LogP contribution in [0, 0.1) is 0 Å². The smallest absolute Gasteiger partial charge is 0.271 e. The van der Waals surface area contributed by atoms with Crippen molar-refractivity contribution in [2.24, 2.45) is 0 Å². The van der Waals surface area contributed by atoms with Gasteiger partial charge in [-0.3, -0.25) is 9.78 Å². The van der Waals surface area contributed by atoms with Gasteiger partial charge in [-0.05, 0) is 6.42 Å². The van der Waals surface area contributed by atoms with Gasteiger partial charge in [0.25, 0.3) is 5.91 Å². The molecule has 5 nitrogen and oxygen atoms in total. The van der Waals surface area contributed by atoms with Crippen LogP contribution >= 0.6 is 0 Å². The van der Waals surface area contributed by atoms with Crippen molar-refractivity contribution in [3.63, 3.8) is 0 Å². The van der Waals surface area contributed by atoms with Crippen molar-refractivity contribution < 1.29 is 4.79 Å². The number of nitrogens with one attached hydrogen (secondary N) is 1. The highest BCUT2D eigenvalue weighted by atomic mass is 16.1. The Kier molecular flexibility index (Phi) is 3.84. The second-order valence-corrected chi connectivity index (χ2v) is 2.94. The predicted molar refractivity (Wildman–Crippen MR) is 53.7 cm³/mol. The minimum atomic E-state index is -0.224. The normalized spacial score (nSPS) is 9.79. The fourth-order valence-electron chi connectivity index (χ4n) is 0.960. The Labute approximate surface area is 82.7 Å². The van der Waals surface area contributed by atoms with E-state index in [0.717, 1.165) is 12.8 Å². The molecule has 0 aromatic carbocycles. The van der Waals surface area contributed by atoms with Crippen LogP contribution in [0.4, 0.5) is 5.82 Å². The molecule has 0 unspecified atom stereocenters. The molecule has 0 atom stereocenters. The summed E-state index contributed by atoms with van der Waals surface area (Å²) in [4.78, 5) is 19.0. The van der Waals surface area contributed by atoms with Gasteiger partial charge >= 0.3 is 0 Å². The Balaban J connectivity index is 2.52. The van der Waals surface area contributed by atoms with Crippen molar-refractivity contribution in [2.45, 2.75) is 19.8 Å². The molecular formula is C9H14N4O. The maximum Gasteiger partial charge on any atom is 0.271 e. The molecule has 1 heterocycles. The number of hydrogen-bond acceptors (Lipinski definition) is 4. The van der Waals surface area contributed by atoms with E-state index in [9.17, 15) is 4.79 Å². The topological polar surface area (TPSA) is 80.9 Å². The lowest BCUT2D eigenvalue weighted by Gasteiger charge is -2.02. The number of anilines is 1. The van der Waals surface area contributed by atoms with E-state index < -0.39 is 0 Å². The number of nitrogens with two attached hydrogens (primary N) is 1. The van der Waals surface area contributed by atoms with E-state index in [1.807, 2.05) is 0 Å². The third-order valence-electron chi connectivity index (χ3n) is 1.70. The van der Waals surface area contributed by atoms with Crippen LogP contribution in [0.5, 0.6) is 0 Å². The van der Waals surface area contributed by atoms with Crippen LogP contribution < -0.4 is 11.1 Å². The quantitative estimate of drug-likeness (QED) is 0.687. The molecule has 0 aliphatic rings.